The number of hydrogen-bond donors (Lipinski definition) is 1. The van der Waals surface area contributed by atoms with Crippen LogP contribution in [0, 0.1) is 17.5 Å². The van der Waals surface area contributed by atoms with Gasteiger partial charge in [0.05, 0.1) is 11.9 Å². The second-order valence-electron chi connectivity index (χ2n) is 5.15. The highest BCUT2D eigenvalue weighted by Gasteiger charge is 2.23. The molecule has 1 atom stereocenters. The molecule has 1 aromatic carbocycles. The molecule has 0 radical (unpaired) electrons. The van der Waals surface area contributed by atoms with Crippen LogP contribution in [0.15, 0.2) is 12.1 Å². The molecule has 0 fully saturated rings. The van der Waals surface area contributed by atoms with Gasteiger partial charge < -0.3 is 5.32 Å². The van der Waals surface area contributed by atoms with Crippen LogP contribution in [0.4, 0.5) is 18.9 Å². The van der Waals surface area contributed by atoms with Crippen LogP contribution in [0.5, 0.6) is 0 Å². The van der Waals surface area contributed by atoms with E-state index in [9.17, 15) is 26.4 Å². The first kappa shape index (κ1) is 19.4. The molecule has 1 N–H and O–H groups in total. The van der Waals surface area contributed by atoms with Crippen molar-refractivity contribution < 1.29 is 26.4 Å². The van der Waals surface area contributed by atoms with Gasteiger partial charge in [0.15, 0.2) is 17.5 Å². The topological polar surface area (TPSA) is 66.5 Å². The number of hydrogen-bond acceptors (Lipinski definition) is 3. The maximum Gasteiger partial charge on any atom is 0.225 e. The molecule has 9 heteroatoms. The Balaban J connectivity index is 2.75. The van der Waals surface area contributed by atoms with Crippen LogP contribution in [0.25, 0.3) is 0 Å². The molecule has 0 bridgehead atoms. The predicted molar refractivity (Wildman–Crippen MR) is 80.9 cm³/mol. The Hall–Kier alpha value is -1.61. The summed E-state index contributed by atoms with van der Waals surface area (Å²) in [7, 11) is -3.50. The predicted octanol–water partition coefficient (Wildman–Crippen LogP) is 2.49. The van der Waals surface area contributed by atoms with Crippen molar-refractivity contribution in [3.8, 4) is 0 Å². The molecule has 0 heterocycles. The van der Waals surface area contributed by atoms with E-state index in [4.69, 9.17) is 0 Å². The van der Waals surface area contributed by atoms with Crippen molar-refractivity contribution in [3.05, 3.63) is 29.6 Å². The summed E-state index contributed by atoms with van der Waals surface area (Å²) in [6.07, 6.45) is 1.36. The molecule has 0 aliphatic rings. The molecule has 1 aromatic rings. The quantitative estimate of drug-likeness (QED) is 0.767. The van der Waals surface area contributed by atoms with Crippen molar-refractivity contribution >= 4 is 21.6 Å². The number of rotatable bonds is 7. The molecule has 1 amide bonds. The minimum Gasteiger partial charge on any atom is -0.323 e. The van der Waals surface area contributed by atoms with Gasteiger partial charge >= 0.3 is 0 Å². The molecule has 0 aromatic heterocycles. The monoisotopic (exact) mass is 352 g/mol. The van der Waals surface area contributed by atoms with Crippen LogP contribution in [0.1, 0.15) is 26.7 Å². The van der Waals surface area contributed by atoms with Gasteiger partial charge in [0, 0.05) is 19.0 Å². The summed E-state index contributed by atoms with van der Waals surface area (Å²) in [4.78, 5) is 11.8. The van der Waals surface area contributed by atoms with Crippen LogP contribution >= 0.6 is 0 Å². The largest absolute Gasteiger partial charge is 0.323 e. The molecule has 5 nitrogen and oxygen atoms in total. The molecule has 0 saturated carbocycles. The second kappa shape index (κ2) is 7.78. The second-order valence-corrected chi connectivity index (χ2v) is 7.09. The van der Waals surface area contributed by atoms with Crippen molar-refractivity contribution in [2.75, 3.05) is 18.1 Å². The molecule has 1 rings (SSSR count). The standard InChI is InChI=1S/C14H19F3N2O3S/c1-4-9(2)19(23(3,21)22)8-7-12(20)18-11-6-5-10(15)13(16)14(11)17/h5-6,9H,4,7-8H2,1-3H3,(H,18,20). The zero-order chi connectivity index (χ0) is 17.8. The van der Waals surface area contributed by atoms with Gasteiger partial charge in [-0.1, -0.05) is 6.92 Å². The minimum absolute atomic E-state index is 0.0923. The zero-order valence-electron chi connectivity index (χ0n) is 13.1. The number of nitrogens with zero attached hydrogens (tertiary/aromatic N) is 1. The first-order valence-electron chi connectivity index (χ1n) is 6.98. The molecular formula is C14H19F3N2O3S. The lowest BCUT2D eigenvalue weighted by atomic mass is 10.2. The first-order chi connectivity index (χ1) is 10.6. The van der Waals surface area contributed by atoms with E-state index >= 15 is 0 Å². The number of benzene rings is 1. The van der Waals surface area contributed by atoms with Gasteiger partial charge in [-0.3, -0.25) is 4.79 Å². The van der Waals surface area contributed by atoms with E-state index in [-0.39, 0.29) is 19.0 Å². The van der Waals surface area contributed by atoms with Crippen molar-refractivity contribution in [2.45, 2.75) is 32.7 Å². The fraction of sp³-hybridized carbons (Fsp3) is 0.500. The molecule has 0 saturated heterocycles. The van der Waals surface area contributed by atoms with Gasteiger partial charge in [-0.25, -0.2) is 21.6 Å². The van der Waals surface area contributed by atoms with Crippen LogP contribution in [0.3, 0.4) is 0 Å². The third-order valence-electron chi connectivity index (χ3n) is 3.38. The van der Waals surface area contributed by atoms with E-state index < -0.39 is 39.1 Å². The van der Waals surface area contributed by atoms with Crippen LogP contribution in [-0.2, 0) is 14.8 Å². The summed E-state index contributed by atoms with van der Waals surface area (Å²) < 4.78 is 63.9. The Morgan fingerprint density at radius 3 is 2.39 bits per heavy atom. The molecule has 0 aliphatic heterocycles. The van der Waals surface area contributed by atoms with Gasteiger partial charge in [-0.05, 0) is 25.5 Å². The SMILES string of the molecule is CCC(C)N(CCC(=O)Nc1ccc(F)c(F)c1F)S(C)(=O)=O. The Kier molecular flexibility index (Phi) is 6.57. The van der Waals surface area contributed by atoms with Crippen molar-refractivity contribution in [1.82, 2.24) is 4.31 Å². The number of nitrogens with one attached hydrogen (secondary N) is 1. The Labute approximate surface area is 133 Å². The highest BCUT2D eigenvalue weighted by atomic mass is 32.2. The van der Waals surface area contributed by atoms with E-state index in [2.05, 4.69) is 5.32 Å². The fourth-order valence-corrected chi connectivity index (χ4v) is 3.19. The third kappa shape index (κ3) is 5.21. The number of amides is 1. The average Bonchev–Trinajstić information content (AvgIpc) is 2.46. The van der Waals surface area contributed by atoms with Crippen molar-refractivity contribution in [2.24, 2.45) is 0 Å². The molecule has 1 unspecified atom stereocenters. The number of halogens is 3. The first-order valence-corrected chi connectivity index (χ1v) is 8.82. The van der Waals surface area contributed by atoms with Gasteiger partial charge in [-0.2, -0.15) is 4.31 Å². The van der Waals surface area contributed by atoms with E-state index in [0.29, 0.717) is 12.5 Å². The summed E-state index contributed by atoms with van der Waals surface area (Å²) in [6.45, 7) is 3.42. The lowest BCUT2D eigenvalue weighted by Crippen LogP contribution is -2.39. The zero-order valence-corrected chi connectivity index (χ0v) is 13.9. The Bertz CT molecular complexity index is 680. The number of sulfonamides is 1. The molecule has 130 valence electrons. The van der Waals surface area contributed by atoms with Crippen LogP contribution in [0.2, 0.25) is 0 Å². The summed E-state index contributed by atoms with van der Waals surface area (Å²) in [5, 5.41) is 2.10. The van der Waals surface area contributed by atoms with Gasteiger partial charge in [0.25, 0.3) is 0 Å². The third-order valence-corrected chi connectivity index (χ3v) is 4.77. The van der Waals surface area contributed by atoms with Crippen molar-refractivity contribution in [1.29, 1.82) is 0 Å². The number of anilines is 1. The van der Waals surface area contributed by atoms with E-state index in [1.807, 2.05) is 0 Å². The lowest BCUT2D eigenvalue weighted by molar-refractivity contribution is -0.116. The van der Waals surface area contributed by atoms with Gasteiger partial charge in [0.1, 0.15) is 0 Å². The lowest BCUT2D eigenvalue weighted by Gasteiger charge is -2.25. The Morgan fingerprint density at radius 2 is 1.87 bits per heavy atom. The maximum atomic E-state index is 13.5. The highest BCUT2D eigenvalue weighted by Crippen LogP contribution is 2.20. The molecular weight excluding hydrogens is 333 g/mol. The smallest absolute Gasteiger partial charge is 0.225 e. The van der Waals surface area contributed by atoms with E-state index in [1.54, 1.807) is 13.8 Å². The van der Waals surface area contributed by atoms with E-state index in [0.717, 1.165) is 16.6 Å². The summed E-state index contributed by atoms with van der Waals surface area (Å²) in [5.74, 6) is -5.24. The summed E-state index contributed by atoms with van der Waals surface area (Å²) in [6, 6.07) is 1.29. The minimum atomic E-state index is -3.50. The highest BCUT2D eigenvalue weighted by molar-refractivity contribution is 7.88. The summed E-state index contributed by atoms with van der Waals surface area (Å²) >= 11 is 0. The van der Waals surface area contributed by atoms with Gasteiger partial charge in [-0.15, -0.1) is 0 Å². The van der Waals surface area contributed by atoms with Crippen molar-refractivity contribution in [3.63, 3.8) is 0 Å². The summed E-state index contributed by atoms with van der Waals surface area (Å²) in [5.41, 5.74) is -0.497. The van der Waals surface area contributed by atoms with Crippen LogP contribution < -0.4 is 5.32 Å². The average molecular weight is 352 g/mol. The van der Waals surface area contributed by atoms with Gasteiger partial charge in [0.2, 0.25) is 15.9 Å². The maximum absolute atomic E-state index is 13.5. The molecule has 0 aliphatic carbocycles. The normalized spacial score (nSPS) is 13.2. The van der Waals surface area contributed by atoms with Crippen LogP contribution in [-0.4, -0.2) is 37.5 Å². The molecule has 0 spiro atoms. The van der Waals surface area contributed by atoms with E-state index in [1.165, 1.54) is 0 Å². The number of carbonyl (C=O) groups excluding carboxylic acids is 1. The Morgan fingerprint density at radius 1 is 1.26 bits per heavy atom. The number of carbonyl (C=O) groups is 1. The fourth-order valence-electron chi connectivity index (χ4n) is 1.96. The molecule has 23 heavy (non-hydrogen) atoms.